The number of rotatable bonds is 5. The average Bonchev–Trinajstić information content (AvgIpc) is 2.69. The van der Waals surface area contributed by atoms with E-state index in [1.807, 2.05) is 0 Å². The lowest BCUT2D eigenvalue weighted by molar-refractivity contribution is -0.128. The van der Waals surface area contributed by atoms with Crippen LogP contribution in [-0.2, 0) is 19.1 Å². The first-order valence-electron chi connectivity index (χ1n) is 9.01. The van der Waals surface area contributed by atoms with Crippen molar-refractivity contribution in [2.24, 2.45) is 0 Å². The molecule has 0 saturated carbocycles. The molecule has 0 radical (unpaired) electrons. The molecule has 3 N–H and O–H groups in total. The van der Waals surface area contributed by atoms with Gasteiger partial charge >= 0.3 is 5.97 Å². The number of anilines is 1. The van der Waals surface area contributed by atoms with Gasteiger partial charge in [0.25, 0.3) is 0 Å². The summed E-state index contributed by atoms with van der Waals surface area (Å²) in [6, 6.07) is 3.43. The minimum atomic E-state index is -0.758. The summed E-state index contributed by atoms with van der Waals surface area (Å²) in [5, 5.41) is 8.57. The topological polar surface area (TPSA) is 109 Å². The number of hydrogen-bond donors (Lipinski definition) is 3. The van der Waals surface area contributed by atoms with E-state index < -0.39 is 23.9 Å². The maximum absolute atomic E-state index is 13.4. The van der Waals surface area contributed by atoms with Crippen molar-refractivity contribution < 1.29 is 28.2 Å². The highest BCUT2D eigenvalue weighted by Crippen LogP contribution is 2.19. The van der Waals surface area contributed by atoms with Gasteiger partial charge in [0, 0.05) is 13.1 Å². The van der Waals surface area contributed by atoms with Gasteiger partial charge in [-0.25, -0.2) is 9.18 Å². The number of methoxy groups -OCH3 is 1. The Balaban J connectivity index is 1.62. The fraction of sp³-hybridized carbons (Fsp3) is 0.500. The summed E-state index contributed by atoms with van der Waals surface area (Å²) >= 11 is 0. The number of hydrogen-bond acceptors (Lipinski definition) is 7. The highest BCUT2D eigenvalue weighted by Gasteiger charge is 2.31. The van der Waals surface area contributed by atoms with Crippen LogP contribution in [0.25, 0.3) is 0 Å². The number of carbonyl (C=O) groups excluding carboxylic acids is 3. The lowest BCUT2D eigenvalue weighted by Crippen LogP contribution is -2.63. The molecule has 3 rings (SSSR count). The molecule has 2 atom stereocenters. The number of nitrogens with one attached hydrogen (secondary N) is 3. The monoisotopic (exact) mass is 394 g/mol. The van der Waals surface area contributed by atoms with E-state index >= 15 is 0 Å². The van der Waals surface area contributed by atoms with E-state index in [9.17, 15) is 18.8 Å². The Labute approximate surface area is 161 Å². The van der Waals surface area contributed by atoms with Gasteiger partial charge in [-0.15, -0.1) is 0 Å². The molecule has 2 heterocycles. The molecule has 1 aromatic rings. The van der Waals surface area contributed by atoms with Crippen molar-refractivity contribution in [3.63, 3.8) is 0 Å². The average molecular weight is 394 g/mol. The summed E-state index contributed by atoms with van der Waals surface area (Å²) < 4.78 is 23.4. The van der Waals surface area contributed by atoms with Gasteiger partial charge in [0.1, 0.15) is 5.82 Å². The largest absolute Gasteiger partial charge is 0.465 e. The summed E-state index contributed by atoms with van der Waals surface area (Å²) in [6.07, 6.45) is -0.490. The lowest BCUT2D eigenvalue weighted by Gasteiger charge is -2.40. The Morgan fingerprint density at radius 1 is 1.36 bits per heavy atom. The van der Waals surface area contributed by atoms with Gasteiger partial charge in [0.15, 0.2) is 0 Å². The minimum absolute atomic E-state index is 0.0510. The molecule has 28 heavy (non-hydrogen) atoms. The zero-order valence-electron chi connectivity index (χ0n) is 15.5. The van der Waals surface area contributed by atoms with E-state index in [4.69, 9.17) is 4.74 Å². The zero-order chi connectivity index (χ0) is 20.1. The molecule has 2 fully saturated rings. The maximum atomic E-state index is 13.4. The van der Waals surface area contributed by atoms with E-state index in [-0.39, 0.29) is 29.7 Å². The molecule has 152 valence electrons. The van der Waals surface area contributed by atoms with Crippen LogP contribution >= 0.6 is 0 Å². The normalized spacial score (nSPS) is 23.0. The third kappa shape index (κ3) is 5.03. The van der Waals surface area contributed by atoms with Crippen LogP contribution < -0.4 is 16.0 Å². The van der Waals surface area contributed by atoms with Crippen LogP contribution in [0.2, 0.25) is 0 Å². The molecule has 9 nitrogen and oxygen atoms in total. The predicted molar refractivity (Wildman–Crippen MR) is 96.8 cm³/mol. The first-order valence-corrected chi connectivity index (χ1v) is 9.01. The Hall–Kier alpha value is -2.56. The molecule has 0 aromatic heterocycles. The van der Waals surface area contributed by atoms with Crippen LogP contribution in [0.3, 0.4) is 0 Å². The highest BCUT2D eigenvalue weighted by atomic mass is 19.1. The van der Waals surface area contributed by atoms with Crippen molar-refractivity contribution >= 4 is 23.5 Å². The lowest BCUT2D eigenvalue weighted by atomic mass is 10.1. The van der Waals surface area contributed by atoms with E-state index in [2.05, 4.69) is 25.6 Å². The van der Waals surface area contributed by atoms with E-state index in [1.54, 1.807) is 0 Å². The first kappa shape index (κ1) is 20.2. The van der Waals surface area contributed by atoms with E-state index in [1.165, 1.54) is 13.2 Å². The van der Waals surface area contributed by atoms with Gasteiger partial charge in [0.05, 0.1) is 56.7 Å². The Morgan fingerprint density at radius 3 is 2.82 bits per heavy atom. The van der Waals surface area contributed by atoms with Crippen LogP contribution in [-0.4, -0.2) is 68.4 Å². The molecular formula is C18H23FN4O5. The summed E-state index contributed by atoms with van der Waals surface area (Å²) in [5.41, 5.74) is 0.0628. The van der Waals surface area contributed by atoms with Crippen LogP contribution in [0.4, 0.5) is 10.1 Å². The fourth-order valence-electron chi connectivity index (χ4n) is 3.29. The summed E-state index contributed by atoms with van der Waals surface area (Å²) in [5.74, 6) is -1.96. The highest BCUT2D eigenvalue weighted by molar-refractivity contribution is 6.01. The van der Waals surface area contributed by atoms with Crippen molar-refractivity contribution in [3.05, 3.63) is 29.6 Å². The third-order valence-electron chi connectivity index (χ3n) is 4.64. The van der Waals surface area contributed by atoms with E-state index in [0.717, 1.165) is 12.1 Å². The van der Waals surface area contributed by atoms with Crippen LogP contribution in [0.5, 0.6) is 0 Å². The minimum Gasteiger partial charge on any atom is -0.465 e. The number of morpholine rings is 1. The first-order chi connectivity index (χ1) is 13.5. The van der Waals surface area contributed by atoms with Crippen molar-refractivity contribution in [2.45, 2.75) is 25.2 Å². The zero-order valence-corrected chi connectivity index (χ0v) is 15.5. The second kappa shape index (κ2) is 9.09. The molecular weight excluding hydrogens is 371 g/mol. The number of halogens is 1. The molecule has 0 bridgehead atoms. The van der Waals surface area contributed by atoms with Gasteiger partial charge in [-0.05, 0) is 18.2 Å². The van der Waals surface area contributed by atoms with Gasteiger partial charge in [-0.2, -0.15) is 0 Å². The smallest absolute Gasteiger partial charge is 0.340 e. The molecule has 2 saturated heterocycles. The van der Waals surface area contributed by atoms with Gasteiger partial charge in [0.2, 0.25) is 11.8 Å². The third-order valence-corrected chi connectivity index (χ3v) is 4.64. The maximum Gasteiger partial charge on any atom is 0.340 e. The van der Waals surface area contributed by atoms with Gasteiger partial charge in [-0.3, -0.25) is 19.8 Å². The summed E-state index contributed by atoms with van der Waals surface area (Å²) in [6.45, 7) is 2.63. The molecule has 2 aliphatic heterocycles. The molecule has 10 heteroatoms. The SMILES string of the molecule is COC(=O)c1cc(F)ccc1NC(=O)CC1NC(=O)CC(N2CCOCC2)N1. The standard InChI is InChI=1S/C18H23FN4O5/c1-27-18(26)12-8-11(19)2-3-13(12)20-16(24)9-14-21-15(10-17(25)22-14)23-4-6-28-7-5-23/h2-3,8,14-15,21H,4-7,9-10H2,1H3,(H,20,24)(H,22,25). The molecule has 1 aromatic carbocycles. The number of amides is 2. The molecule has 0 spiro atoms. The summed E-state index contributed by atoms with van der Waals surface area (Å²) in [4.78, 5) is 38.4. The van der Waals surface area contributed by atoms with Crippen molar-refractivity contribution in [1.82, 2.24) is 15.5 Å². The van der Waals surface area contributed by atoms with Gasteiger partial charge in [-0.1, -0.05) is 0 Å². The quantitative estimate of drug-likeness (QED) is 0.605. The predicted octanol–water partition coefficient (Wildman–Crippen LogP) is 0.0348. The van der Waals surface area contributed by atoms with Crippen molar-refractivity contribution in [3.8, 4) is 0 Å². The Kier molecular flexibility index (Phi) is 6.55. The van der Waals surface area contributed by atoms with Gasteiger partial charge < -0.3 is 20.1 Å². The number of ether oxygens (including phenoxy) is 2. The molecule has 2 aliphatic rings. The fourth-order valence-corrected chi connectivity index (χ4v) is 3.29. The van der Waals surface area contributed by atoms with Crippen LogP contribution in [0.15, 0.2) is 18.2 Å². The Bertz CT molecular complexity index is 753. The van der Waals surface area contributed by atoms with Crippen molar-refractivity contribution in [2.75, 3.05) is 38.7 Å². The van der Waals surface area contributed by atoms with Crippen LogP contribution in [0, 0.1) is 5.82 Å². The Morgan fingerprint density at radius 2 is 2.11 bits per heavy atom. The number of carbonyl (C=O) groups is 3. The second-order valence-corrected chi connectivity index (χ2v) is 6.59. The number of nitrogens with zero attached hydrogens (tertiary/aromatic N) is 1. The summed E-state index contributed by atoms with van der Waals surface area (Å²) in [7, 11) is 1.17. The molecule has 2 amide bonds. The number of esters is 1. The molecule has 2 unspecified atom stereocenters. The molecule has 0 aliphatic carbocycles. The van der Waals surface area contributed by atoms with Crippen molar-refractivity contribution in [1.29, 1.82) is 0 Å². The second-order valence-electron chi connectivity index (χ2n) is 6.59. The van der Waals surface area contributed by atoms with Crippen LogP contribution in [0.1, 0.15) is 23.2 Å². The van der Waals surface area contributed by atoms with E-state index in [0.29, 0.717) is 32.7 Å². The number of benzene rings is 1.